The Bertz CT molecular complexity index is 1120. The number of carbonyl (C=O) groups is 1. The van der Waals surface area contributed by atoms with E-state index in [0.29, 0.717) is 37.1 Å². The summed E-state index contributed by atoms with van der Waals surface area (Å²) in [6, 6.07) is 17.6. The number of benzene rings is 3. The number of aryl methyl sites for hydroxylation is 2. The van der Waals surface area contributed by atoms with Gasteiger partial charge in [-0.1, -0.05) is 49.4 Å². The lowest BCUT2D eigenvalue weighted by Crippen LogP contribution is -2.45. The van der Waals surface area contributed by atoms with Gasteiger partial charge in [-0.2, -0.15) is 0 Å². The van der Waals surface area contributed by atoms with E-state index in [-0.39, 0.29) is 24.5 Å². The van der Waals surface area contributed by atoms with Gasteiger partial charge in [-0.25, -0.2) is 8.78 Å². The van der Waals surface area contributed by atoms with E-state index in [1.807, 2.05) is 12.1 Å². The summed E-state index contributed by atoms with van der Waals surface area (Å²) in [6.45, 7) is 3.29. The molecule has 7 heteroatoms. The van der Waals surface area contributed by atoms with Crippen LogP contribution in [-0.4, -0.2) is 34.8 Å². The van der Waals surface area contributed by atoms with Gasteiger partial charge in [-0.3, -0.25) is 4.79 Å². The number of para-hydroxylation sites is 1. The molecule has 0 spiro atoms. The van der Waals surface area contributed by atoms with E-state index < -0.39 is 23.8 Å². The number of amides is 1. The Morgan fingerprint density at radius 1 is 0.917 bits per heavy atom. The average molecular weight is 497 g/mol. The van der Waals surface area contributed by atoms with Crippen molar-refractivity contribution in [2.24, 2.45) is 0 Å². The largest absolute Gasteiger partial charge is 0.508 e. The second-order valence-corrected chi connectivity index (χ2v) is 9.00. The number of phenols is 1. The van der Waals surface area contributed by atoms with Crippen LogP contribution in [0.4, 0.5) is 8.78 Å². The first-order valence-corrected chi connectivity index (χ1v) is 12.3. The first kappa shape index (κ1) is 27.3. The summed E-state index contributed by atoms with van der Waals surface area (Å²) in [5.74, 6) is -1.66. The molecular formula is C29H34F2N2O3. The van der Waals surface area contributed by atoms with E-state index in [4.69, 9.17) is 0 Å². The van der Waals surface area contributed by atoms with E-state index in [0.717, 1.165) is 18.1 Å². The van der Waals surface area contributed by atoms with Gasteiger partial charge < -0.3 is 20.8 Å². The molecule has 0 bridgehead atoms. The molecule has 0 aliphatic carbocycles. The van der Waals surface area contributed by atoms with Gasteiger partial charge in [0, 0.05) is 18.2 Å². The molecule has 3 aromatic carbocycles. The fourth-order valence-corrected chi connectivity index (χ4v) is 4.17. The van der Waals surface area contributed by atoms with Crippen molar-refractivity contribution in [1.82, 2.24) is 10.6 Å². The Morgan fingerprint density at radius 3 is 2.36 bits per heavy atom. The van der Waals surface area contributed by atoms with Gasteiger partial charge in [-0.05, 0) is 67.1 Å². The number of nitrogens with one attached hydrogen (secondary N) is 2. The number of hydrogen-bond acceptors (Lipinski definition) is 4. The third-order valence-electron chi connectivity index (χ3n) is 6.17. The van der Waals surface area contributed by atoms with Crippen molar-refractivity contribution in [1.29, 1.82) is 0 Å². The zero-order valence-electron chi connectivity index (χ0n) is 20.5. The second-order valence-electron chi connectivity index (χ2n) is 9.00. The van der Waals surface area contributed by atoms with Crippen molar-refractivity contribution >= 4 is 5.91 Å². The molecular weight excluding hydrogens is 462 g/mol. The second kappa shape index (κ2) is 13.7. The van der Waals surface area contributed by atoms with E-state index in [9.17, 15) is 23.8 Å². The predicted molar refractivity (Wildman–Crippen MR) is 137 cm³/mol. The standard InChI is InChI=1S/C29H34F2N2O3/c1-2-20-6-5-7-22(14-20)19-32-13-12-28(35)26(11-10-21-15-24(30)18-25(31)16-21)33-29(36)17-23-8-3-4-9-27(23)34/h3-9,14-16,18,26,28,32,34-35H,2,10-13,17,19H2,1H3,(H,33,36)/t26?,28-/m1/s1. The Hall–Kier alpha value is -3.29. The molecule has 3 rings (SSSR count). The minimum atomic E-state index is -0.869. The average Bonchev–Trinajstić information content (AvgIpc) is 2.85. The van der Waals surface area contributed by atoms with Crippen LogP contribution in [0.1, 0.15) is 42.0 Å². The van der Waals surface area contributed by atoms with Crippen molar-refractivity contribution in [3.05, 3.63) is 101 Å². The molecule has 3 aromatic rings. The monoisotopic (exact) mass is 496 g/mol. The molecule has 0 aliphatic rings. The summed E-state index contributed by atoms with van der Waals surface area (Å²) < 4.78 is 27.2. The molecule has 2 atom stereocenters. The Morgan fingerprint density at radius 2 is 1.64 bits per heavy atom. The predicted octanol–water partition coefficient (Wildman–Crippen LogP) is 4.43. The Labute approximate surface area is 211 Å². The lowest BCUT2D eigenvalue weighted by Gasteiger charge is -2.25. The van der Waals surface area contributed by atoms with Crippen LogP contribution in [0, 0.1) is 11.6 Å². The van der Waals surface area contributed by atoms with Crippen molar-refractivity contribution in [2.45, 2.75) is 57.7 Å². The van der Waals surface area contributed by atoms with Crippen LogP contribution < -0.4 is 10.6 Å². The van der Waals surface area contributed by atoms with Gasteiger partial charge in [-0.15, -0.1) is 0 Å². The Kier molecular flexibility index (Phi) is 10.4. The van der Waals surface area contributed by atoms with Crippen molar-refractivity contribution < 1.29 is 23.8 Å². The summed E-state index contributed by atoms with van der Waals surface area (Å²) in [5, 5.41) is 27.0. The van der Waals surface area contributed by atoms with Gasteiger partial charge >= 0.3 is 0 Å². The van der Waals surface area contributed by atoms with E-state index >= 15 is 0 Å². The number of rotatable bonds is 13. The third-order valence-corrected chi connectivity index (χ3v) is 6.17. The van der Waals surface area contributed by atoms with Crippen LogP contribution in [0.25, 0.3) is 0 Å². The minimum Gasteiger partial charge on any atom is -0.508 e. The maximum absolute atomic E-state index is 13.6. The number of phenolic OH excluding ortho intramolecular Hbond substituents is 1. The molecule has 192 valence electrons. The number of aromatic hydroxyl groups is 1. The maximum Gasteiger partial charge on any atom is 0.224 e. The summed E-state index contributed by atoms with van der Waals surface area (Å²) in [7, 11) is 0. The highest BCUT2D eigenvalue weighted by molar-refractivity contribution is 5.79. The highest BCUT2D eigenvalue weighted by Gasteiger charge is 2.22. The number of aliphatic hydroxyl groups is 1. The lowest BCUT2D eigenvalue weighted by molar-refractivity contribution is -0.122. The molecule has 0 aromatic heterocycles. The number of hydrogen-bond donors (Lipinski definition) is 4. The minimum absolute atomic E-state index is 0.0244. The maximum atomic E-state index is 13.6. The number of aliphatic hydroxyl groups excluding tert-OH is 1. The van der Waals surface area contributed by atoms with E-state index in [2.05, 4.69) is 29.7 Å². The molecule has 36 heavy (non-hydrogen) atoms. The zero-order chi connectivity index (χ0) is 25.9. The van der Waals surface area contributed by atoms with Gasteiger partial charge in [0.25, 0.3) is 0 Å². The smallest absolute Gasteiger partial charge is 0.224 e. The molecule has 0 fully saturated rings. The van der Waals surface area contributed by atoms with E-state index in [1.54, 1.807) is 18.2 Å². The fourth-order valence-electron chi connectivity index (χ4n) is 4.17. The highest BCUT2D eigenvalue weighted by Crippen LogP contribution is 2.17. The molecule has 0 saturated heterocycles. The first-order chi connectivity index (χ1) is 17.3. The van der Waals surface area contributed by atoms with Gasteiger partial charge in [0.2, 0.25) is 5.91 Å². The fraction of sp³-hybridized carbons (Fsp3) is 0.345. The van der Waals surface area contributed by atoms with Crippen molar-refractivity contribution in [2.75, 3.05) is 6.54 Å². The molecule has 0 radical (unpaired) electrons. The topological polar surface area (TPSA) is 81.6 Å². The lowest BCUT2D eigenvalue weighted by atomic mass is 9.98. The molecule has 1 unspecified atom stereocenters. The molecule has 4 N–H and O–H groups in total. The number of halogens is 2. The summed E-state index contributed by atoms with van der Waals surface area (Å²) in [6.07, 6.45) is 1.01. The van der Waals surface area contributed by atoms with Crippen LogP contribution in [0.3, 0.4) is 0 Å². The normalized spacial score (nSPS) is 12.8. The van der Waals surface area contributed by atoms with Crippen LogP contribution in [0.15, 0.2) is 66.7 Å². The summed E-state index contributed by atoms with van der Waals surface area (Å²) >= 11 is 0. The van der Waals surface area contributed by atoms with Crippen LogP contribution >= 0.6 is 0 Å². The third kappa shape index (κ3) is 8.73. The first-order valence-electron chi connectivity index (χ1n) is 12.3. The van der Waals surface area contributed by atoms with Crippen LogP contribution in [0.5, 0.6) is 5.75 Å². The van der Waals surface area contributed by atoms with Gasteiger partial charge in [0.05, 0.1) is 18.6 Å². The molecule has 0 heterocycles. The van der Waals surface area contributed by atoms with Crippen molar-refractivity contribution in [3.8, 4) is 5.75 Å². The van der Waals surface area contributed by atoms with Crippen molar-refractivity contribution in [3.63, 3.8) is 0 Å². The molecule has 1 amide bonds. The summed E-state index contributed by atoms with van der Waals surface area (Å²) in [5.41, 5.74) is 3.35. The Balaban J connectivity index is 1.59. The van der Waals surface area contributed by atoms with Crippen LogP contribution in [0.2, 0.25) is 0 Å². The highest BCUT2D eigenvalue weighted by atomic mass is 19.1. The number of carbonyl (C=O) groups excluding carboxylic acids is 1. The SMILES string of the molecule is CCc1cccc(CNCC[C@@H](O)C(CCc2cc(F)cc(F)c2)NC(=O)Cc2ccccc2O)c1. The van der Waals surface area contributed by atoms with E-state index in [1.165, 1.54) is 23.8 Å². The van der Waals surface area contributed by atoms with Crippen LogP contribution in [-0.2, 0) is 30.6 Å². The quantitative estimate of drug-likeness (QED) is 0.264. The molecule has 0 aliphatic heterocycles. The van der Waals surface area contributed by atoms with Gasteiger partial charge in [0.15, 0.2) is 0 Å². The molecule has 0 saturated carbocycles. The molecule has 5 nitrogen and oxygen atoms in total. The summed E-state index contributed by atoms with van der Waals surface area (Å²) in [4.78, 5) is 12.7. The van der Waals surface area contributed by atoms with Gasteiger partial charge in [0.1, 0.15) is 17.4 Å². The zero-order valence-corrected chi connectivity index (χ0v) is 20.5.